The van der Waals surface area contributed by atoms with E-state index in [9.17, 15) is 0 Å². The van der Waals surface area contributed by atoms with E-state index in [-0.39, 0.29) is 37.7 Å². The van der Waals surface area contributed by atoms with Crippen molar-refractivity contribution in [3.8, 4) is 0 Å². The summed E-state index contributed by atoms with van der Waals surface area (Å²) in [7, 11) is 0. The molecule has 0 nitrogen and oxygen atoms in total. The van der Waals surface area contributed by atoms with Crippen LogP contribution in [-0.4, -0.2) is 47.1 Å². The number of thiocarbonyl (C=S) groups is 2. The van der Waals surface area contributed by atoms with E-state index < -0.39 is 0 Å². The minimum atomic E-state index is 0. The molecule has 0 heterocycles. The van der Waals surface area contributed by atoms with Crippen LogP contribution < -0.4 is 0 Å². The average molecular weight is 194 g/mol. The molecule has 0 spiro atoms. The summed E-state index contributed by atoms with van der Waals surface area (Å²) in [6.45, 7) is 0. The third kappa shape index (κ3) is 67.0. The molecule has 0 aliphatic carbocycles. The molecule has 5 heteroatoms. The monoisotopic (exact) mass is 194 g/mol. The van der Waals surface area contributed by atoms with Gasteiger partial charge in [0.2, 0.25) is 0 Å². The van der Waals surface area contributed by atoms with Gasteiger partial charge in [0.1, 0.15) is 0 Å². The Morgan fingerprint density at radius 2 is 1.00 bits per heavy atom. The van der Waals surface area contributed by atoms with Crippen molar-refractivity contribution in [2.45, 2.75) is 0 Å². The van der Waals surface area contributed by atoms with Crippen LogP contribution in [0.25, 0.3) is 0 Å². The summed E-state index contributed by atoms with van der Waals surface area (Å²) in [5.74, 6) is 0. The molecule has 0 aliphatic heterocycles. The molecule has 0 aromatic rings. The molecule has 0 aromatic carbocycles. The molecular formula is C2H2CaS4. The van der Waals surface area contributed by atoms with E-state index in [1.54, 1.807) is 0 Å². The molecule has 0 rings (SSSR count). The fourth-order valence-electron chi connectivity index (χ4n) is 0. The van der Waals surface area contributed by atoms with Crippen LogP contribution in [0.5, 0.6) is 0 Å². The Kier molecular flexibility index (Phi) is 55.6. The van der Waals surface area contributed by atoms with Crippen LogP contribution in [0, 0.1) is 0 Å². The Bertz CT molecular complexity index is 30.7. The van der Waals surface area contributed by atoms with Crippen molar-refractivity contribution >= 4 is 96.8 Å². The van der Waals surface area contributed by atoms with E-state index in [4.69, 9.17) is 0 Å². The summed E-state index contributed by atoms with van der Waals surface area (Å²) >= 11 is 14.7. The Morgan fingerprint density at radius 3 is 1.00 bits per heavy atom. The van der Waals surface area contributed by atoms with Crippen LogP contribution in [0.15, 0.2) is 0 Å². The Morgan fingerprint density at radius 1 is 1.00 bits per heavy atom. The molecular weight excluding hydrogens is 192 g/mol. The van der Waals surface area contributed by atoms with E-state index in [1.807, 2.05) is 9.40 Å². The fourth-order valence-corrected chi connectivity index (χ4v) is 0. The molecule has 0 amide bonds. The quantitative estimate of drug-likeness (QED) is 0.257. The smallest absolute Gasteiger partial charge is 0.364 e. The van der Waals surface area contributed by atoms with Gasteiger partial charge in [-0.1, -0.05) is 0 Å². The second-order valence-corrected chi connectivity index (χ2v) is 1.64. The van der Waals surface area contributed by atoms with Gasteiger partial charge in [0.05, 0.1) is 0 Å². The van der Waals surface area contributed by atoms with Gasteiger partial charge < -0.3 is 59.1 Å². The van der Waals surface area contributed by atoms with Gasteiger partial charge in [-0.3, -0.25) is 0 Å². The zero-order chi connectivity index (χ0) is 5.41. The third-order valence-electron chi connectivity index (χ3n) is 0. The molecule has 0 unspecified atom stereocenters. The molecule has 0 radical (unpaired) electrons. The van der Waals surface area contributed by atoms with E-state index in [1.165, 1.54) is 0 Å². The number of rotatable bonds is 0. The van der Waals surface area contributed by atoms with E-state index in [0.29, 0.717) is 0 Å². The van der Waals surface area contributed by atoms with Crippen LogP contribution in [0.2, 0.25) is 0 Å². The van der Waals surface area contributed by atoms with E-state index in [2.05, 4.69) is 49.7 Å². The van der Waals surface area contributed by atoms with Gasteiger partial charge in [0.15, 0.2) is 0 Å². The first-order chi connectivity index (χ1) is 2.83. The molecule has 7 heavy (non-hydrogen) atoms. The maximum Gasteiger partial charge on any atom is 2.00 e. The van der Waals surface area contributed by atoms with Crippen LogP contribution in [0.3, 0.4) is 0 Å². The molecule has 0 aliphatic rings. The van der Waals surface area contributed by atoms with Crippen molar-refractivity contribution in [1.82, 2.24) is 0 Å². The Labute approximate surface area is 95.3 Å². The summed E-state index contributed by atoms with van der Waals surface area (Å²) < 4.78 is 4.06. The standard InChI is InChI=1S/2CHS2.Ca/c2*2-1-3;/h2*(H,2,3);/q2*-1;+2. The van der Waals surface area contributed by atoms with Crippen LogP contribution in [0.1, 0.15) is 0 Å². The molecule has 0 bridgehead atoms. The molecule has 0 aromatic heterocycles. The maximum atomic E-state index is 4.01. The van der Waals surface area contributed by atoms with Gasteiger partial charge in [-0.2, -0.15) is 0 Å². The zero-order valence-electron chi connectivity index (χ0n) is 3.42. The van der Waals surface area contributed by atoms with Gasteiger partial charge in [0.25, 0.3) is 0 Å². The van der Waals surface area contributed by atoms with Gasteiger partial charge in [0, 0.05) is 0 Å². The topological polar surface area (TPSA) is 0 Å². The number of hydrogen-bond donors (Lipinski definition) is 2. The molecule has 0 saturated carbocycles. The van der Waals surface area contributed by atoms with Crippen LogP contribution in [-0.2, 0) is 0 Å². The molecule has 0 saturated heterocycles. The predicted octanol–water partition coefficient (Wildman–Crippen LogP) is 1.12. The minimum absolute atomic E-state index is 0. The summed E-state index contributed by atoms with van der Waals surface area (Å²) in [6, 6.07) is 0. The summed E-state index contributed by atoms with van der Waals surface area (Å²) in [6.07, 6.45) is 0. The summed E-state index contributed by atoms with van der Waals surface area (Å²) in [5, 5.41) is 0. The second-order valence-electron chi connectivity index (χ2n) is 0.183. The van der Waals surface area contributed by atoms with Crippen LogP contribution in [0.4, 0.5) is 0 Å². The maximum absolute atomic E-state index is 4.01. The van der Waals surface area contributed by atoms with Crippen molar-refractivity contribution in [3.05, 3.63) is 0 Å². The molecule has 0 atom stereocenters. The SMILES string of the molecule is S=[C-]S.S=[C-]S.[Ca+2]. The fraction of sp³-hybridized carbons (Fsp3) is 0. The van der Waals surface area contributed by atoms with Gasteiger partial charge in [-0.25, -0.2) is 0 Å². The van der Waals surface area contributed by atoms with Crippen molar-refractivity contribution in [3.63, 3.8) is 0 Å². The largest absolute Gasteiger partial charge is 2.00 e. The average Bonchev–Trinajstić information content (AvgIpc) is 1.39. The first-order valence-electron chi connectivity index (χ1n) is 0.855. The van der Waals surface area contributed by atoms with Crippen LogP contribution >= 0.6 is 49.7 Å². The number of thiol groups is 2. The first kappa shape index (κ1) is 16.1. The minimum Gasteiger partial charge on any atom is -0.364 e. The van der Waals surface area contributed by atoms with Crippen molar-refractivity contribution < 1.29 is 0 Å². The molecule has 36 valence electrons. The van der Waals surface area contributed by atoms with Crippen molar-refractivity contribution in [1.29, 1.82) is 0 Å². The van der Waals surface area contributed by atoms with E-state index >= 15 is 0 Å². The van der Waals surface area contributed by atoms with Crippen molar-refractivity contribution in [2.24, 2.45) is 0 Å². The summed E-state index contributed by atoms with van der Waals surface area (Å²) in [5.41, 5.74) is 0. The number of hydrogen-bond acceptors (Lipinski definition) is 2. The predicted molar refractivity (Wildman–Crippen MR) is 48.9 cm³/mol. The second kappa shape index (κ2) is 24.2. The third-order valence-corrected chi connectivity index (χ3v) is 0. The Hall–Kier alpha value is 2.14. The summed E-state index contributed by atoms with van der Waals surface area (Å²) in [4.78, 5) is 0. The molecule has 0 N–H and O–H groups in total. The van der Waals surface area contributed by atoms with E-state index in [0.717, 1.165) is 0 Å². The molecule has 0 fully saturated rings. The van der Waals surface area contributed by atoms with Gasteiger partial charge in [-0.15, -0.1) is 0 Å². The Balaban J connectivity index is -0.0000000400. The zero-order valence-corrected chi connectivity index (χ0v) is 9.05. The van der Waals surface area contributed by atoms with Gasteiger partial charge in [-0.05, 0) is 0 Å². The first-order valence-corrected chi connectivity index (χ1v) is 2.57. The van der Waals surface area contributed by atoms with Crippen molar-refractivity contribution in [2.75, 3.05) is 0 Å². The van der Waals surface area contributed by atoms with Gasteiger partial charge >= 0.3 is 37.7 Å². The normalized spacial score (nSPS) is 3.71.